The van der Waals surface area contributed by atoms with E-state index in [-0.39, 0.29) is 31.1 Å². The van der Waals surface area contributed by atoms with Crippen molar-refractivity contribution in [3.05, 3.63) is 23.8 Å². The third kappa shape index (κ3) is 4.74. The molecule has 0 bridgehead atoms. The fraction of sp³-hybridized carbons (Fsp3) is 0.533. The summed E-state index contributed by atoms with van der Waals surface area (Å²) in [4.78, 5) is 11.8. The van der Waals surface area contributed by atoms with E-state index in [1.165, 1.54) is 0 Å². The highest BCUT2D eigenvalue weighted by atomic mass is 16.5. The van der Waals surface area contributed by atoms with Crippen LogP contribution in [0.2, 0.25) is 0 Å². The molecular weight excluding hydrogens is 258 g/mol. The Morgan fingerprint density at radius 1 is 1.35 bits per heavy atom. The quantitative estimate of drug-likeness (QED) is 0.795. The number of hydrogen-bond donors (Lipinski definition) is 2. The van der Waals surface area contributed by atoms with Crippen molar-refractivity contribution < 1.29 is 19.4 Å². The Morgan fingerprint density at radius 2 is 2.05 bits per heavy atom. The molecule has 0 saturated heterocycles. The molecule has 1 unspecified atom stereocenters. The highest BCUT2D eigenvalue weighted by Crippen LogP contribution is 2.27. The first-order valence-electron chi connectivity index (χ1n) is 6.65. The summed E-state index contributed by atoms with van der Waals surface area (Å²) in [6.07, 6.45) is 0. The van der Waals surface area contributed by atoms with E-state index in [1.54, 1.807) is 13.2 Å². The van der Waals surface area contributed by atoms with Crippen LogP contribution in [0, 0.1) is 12.8 Å². The van der Waals surface area contributed by atoms with Crippen molar-refractivity contribution in [2.45, 2.75) is 26.8 Å². The van der Waals surface area contributed by atoms with Gasteiger partial charge in [0.15, 0.2) is 18.1 Å². The van der Waals surface area contributed by atoms with E-state index < -0.39 is 0 Å². The number of aliphatic hydroxyl groups excluding tert-OH is 1. The predicted molar refractivity (Wildman–Crippen MR) is 77.1 cm³/mol. The summed E-state index contributed by atoms with van der Waals surface area (Å²) in [6, 6.07) is 5.25. The maximum absolute atomic E-state index is 11.8. The summed E-state index contributed by atoms with van der Waals surface area (Å²) in [5.74, 6) is 1.02. The van der Waals surface area contributed by atoms with Crippen LogP contribution >= 0.6 is 0 Å². The lowest BCUT2D eigenvalue weighted by molar-refractivity contribution is -0.124. The Balaban J connectivity index is 2.57. The summed E-state index contributed by atoms with van der Waals surface area (Å²) < 4.78 is 10.7. The van der Waals surface area contributed by atoms with Crippen molar-refractivity contribution >= 4 is 5.91 Å². The molecule has 0 aliphatic heterocycles. The number of benzene rings is 1. The molecule has 5 nitrogen and oxygen atoms in total. The van der Waals surface area contributed by atoms with Gasteiger partial charge >= 0.3 is 0 Å². The maximum Gasteiger partial charge on any atom is 0.258 e. The van der Waals surface area contributed by atoms with Crippen molar-refractivity contribution in [3.8, 4) is 11.5 Å². The Hall–Kier alpha value is -1.75. The average Bonchev–Trinajstić information content (AvgIpc) is 2.42. The first-order chi connectivity index (χ1) is 9.47. The van der Waals surface area contributed by atoms with Crippen molar-refractivity contribution in [2.75, 3.05) is 20.3 Å². The van der Waals surface area contributed by atoms with Crippen molar-refractivity contribution in [1.82, 2.24) is 5.32 Å². The molecule has 1 aromatic carbocycles. The zero-order valence-electron chi connectivity index (χ0n) is 12.5. The highest BCUT2D eigenvalue weighted by Gasteiger charge is 2.15. The summed E-state index contributed by atoms with van der Waals surface area (Å²) in [7, 11) is 1.56. The number of ether oxygens (including phenoxy) is 2. The SMILES string of the molecule is COc1cc(C)ccc1OCC(=O)NC(CO)C(C)C. The smallest absolute Gasteiger partial charge is 0.258 e. The molecule has 2 N–H and O–H groups in total. The molecule has 0 radical (unpaired) electrons. The molecule has 1 rings (SSSR count). The number of carbonyl (C=O) groups is 1. The molecule has 1 aromatic rings. The van der Waals surface area contributed by atoms with Gasteiger partial charge in [-0.15, -0.1) is 0 Å². The zero-order valence-corrected chi connectivity index (χ0v) is 12.5. The number of carbonyl (C=O) groups excluding carboxylic acids is 1. The molecule has 1 amide bonds. The van der Waals surface area contributed by atoms with Crippen molar-refractivity contribution in [3.63, 3.8) is 0 Å². The minimum atomic E-state index is -0.264. The second-order valence-electron chi connectivity index (χ2n) is 5.04. The van der Waals surface area contributed by atoms with Gasteiger partial charge < -0.3 is 19.9 Å². The topological polar surface area (TPSA) is 67.8 Å². The molecule has 0 heterocycles. The van der Waals surface area contributed by atoms with Crippen LogP contribution in [0.25, 0.3) is 0 Å². The van der Waals surface area contributed by atoms with Gasteiger partial charge in [0, 0.05) is 0 Å². The maximum atomic E-state index is 11.8. The Morgan fingerprint density at radius 3 is 2.60 bits per heavy atom. The fourth-order valence-electron chi connectivity index (χ4n) is 1.71. The van der Waals surface area contributed by atoms with Gasteiger partial charge in [0.05, 0.1) is 19.8 Å². The van der Waals surface area contributed by atoms with Crippen LogP contribution < -0.4 is 14.8 Å². The molecule has 0 saturated carbocycles. The molecule has 5 heteroatoms. The lowest BCUT2D eigenvalue weighted by Crippen LogP contribution is -2.43. The van der Waals surface area contributed by atoms with E-state index in [2.05, 4.69) is 5.32 Å². The average molecular weight is 281 g/mol. The van der Waals surface area contributed by atoms with Gasteiger partial charge in [-0.3, -0.25) is 4.79 Å². The molecule has 1 atom stereocenters. The fourth-order valence-corrected chi connectivity index (χ4v) is 1.71. The Bertz CT molecular complexity index is 445. The predicted octanol–water partition coefficient (Wildman–Crippen LogP) is 1.52. The van der Waals surface area contributed by atoms with Gasteiger partial charge in [0.1, 0.15) is 0 Å². The highest BCUT2D eigenvalue weighted by molar-refractivity contribution is 5.78. The molecular formula is C15H23NO4. The molecule has 0 aliphatic rings. The number of aryl methyl sites for hydroxylation is 1. The van der Waals surface area contributed by atoms with Crippen LogP contribution in [-0.4, -0.2) is 37.4 Å². The Kier molecular flexibility index (Phi) is 6.31. The summed E-state index contributed by atoms with van der Waals surface area (Å²) >= 11 is 0. The number of hydrogen-bond acceptors (Lipinski definition) is 4. The van der Waals surface area contributed by atoms with Gasteiger partial charge in [-0.05, 0) is 30.5 Å². The van der Waals surface area contributed by atoms with Crippen LogP contribution in [0.5, 0.6) is 11.5 Å². The van der Waals surface area contributed by atoms with E-state index in [4.69, 9.17) is 14.6 Å². The number of aliphatic hydroxyl groups is 1. The monoisotopic (exact) mass is 281 g/mol. The van der Waals surface area contributed by atoms with Crippen LogP contribution in [0.15, 0.2) is 18.2 Å². The van der Waals surface area contributed by atoms with Crippen LogP contribution in [-0.2, 0) is 4.79 Å². The lowest BCUT2D eigenvalue weighted by Gasteiger charge is -2.20. The minimum absolute atomic E-state index is 0.0861. The van der Waals surface area contributed by atoms with E-state index in [9.17, 15) is 4.79 Å². The molecule has 0 aromatic heterocycles. The van der Waals surface area contributed by atoms with E-state index in [0.717, 1.165) is 5.56 Å². The van der Waals surface area contributed by atoms with Gasteiger partial charge in [-0.1, -0.05) is 19.9 Å². The third-order valence-corrected chi connectivity index (χ3v) is 3.03. The largest absolute Gasteiger partial charge is 0.493 e. The number of amides is 1. The van der Waals surface area contributed by atoms with Crippen LogP contribution in [0.4, 0.5) is 0 Å². The van der Waals surface area contributed by atoms with Gasteiger partial charge in [-0.2, -0.15) is 0 Å². The molecule has 0 fully saturated rings. The van der Waals surface area contributed by atoms with Crippen LogP contribution in [0.1, 0.15) is 19.4 Å². The first kappa shape index (κ1) is 16.3. The van der Waals surface area contributed by atoms with Crippen molar-refractivity contribution in [1.29, 1.82) is 0 Å². The van der Waals surface area contributed by atoms with Gasteiger partial charge in [0.2, 0.25) is 0 Å². The zero-order chi connectivity index (χ0) is 15.1. The van der Waals surface area contributed by atoms with Gasteiger partial charge in [0.25, 0.3) is 5.91 Å². The van der Waals surface area contributed by atoms with E-state index in [0.29, 0.717) is 11.5 Å². The summed E-state index contributed by atoms with van der Waals surface area (Å²) in [5, 5.41) is 11.9. The summed E-state index contributed by atoms with van der Waals surface area (Å²) in [5.41, 5.74) is 1.05. The first-order valence-corrected chi connectivity index (χ1v) is 6.65. The molecule has 112 valence electrons. The molecule has 20 heavy (non-hydrogen) atoms. The minimum Gasteiger partial charge on any atom is -0.493 e. The second kappa shape index (κ2) is 7.75. The standard InChI is InChI=1S/C15H23NO4/c1-10(2)12(8-17)16-15(18)9-20-13-6-5-11(3)7-14(13)19-4/h5-7,10,12,17H,8-9H2,1-4H3,(H,16,18). The molecule has 0 spiro atoms. The second-order valence-corrected chi connectivity index (χ2v) is 5.04. The normalized spacial score (nSPS) is 12.1. The summed E-state index contributed by atoms with van der Waals surface area (Å²) in [6.45, 7) is 5.63. The number of nitrogens with one attached hydrogen (secondary N) is 1. The van der Waals surface area contributed by atoms with E-state index in [1.807, 2.05) is 32.9 Å². The Labute approximate surface area is 119 Å². The van der Waals surface area contributed by atoms with Crippen LogP contribution in [0.3, 0.4) is 0 Å². The lowest BCUT2D eigenvalue weighted by atomic mass is 10.1. The van der Waals surface area contributed by atoms with Crippen molar-refractivity contribution in [2.24, 2.45) is 5.92 Å². The van der Waals surface area contributed by atoms with E-state index >= 15 is 0 Å². The third-order valence-electron chi connectivity index (χ3n) is 3.03. The number of methoxy groups -OCH3 is 1. The number of rotatable bonds is 7. The molecule has 0 aliphatic carbocycles. The van der Waals surface area contributed by atoms with Gasteiger partial charge in [-0.25, -0.2) is 0 Å².